The molecule has 80 valence electrons. The molecule has 0 heteroatoms. The van der Waals surface area contributed by atoms with E-state index in [1.807, 2.05) is 34.6 Å². The molecule has 0 aliphatic heterocycles. The molecule has 0 aromatic carbocycles. The predicted molar refractivity (Wildman–Crippen MR) is 66.2 cm³/mol. The van der Waals surface area contributed by atoms with Crippen LogP contribution in [0.4, 0.5) is 0 Å². The van der Waals surface area contributed by atoms with E-state index in [0.717, 1.165) is 6.42 Å². The topological polar surface area (TPSA) is 0 Å². The number of hydrogen-bond donors (Lipinski definition) is 0. The van der Waals surface area contributed by atoms with Gasteiger partial charge in [-0.15, -0.1) is 0 Å². The molecular weight excluding hydrogens is 156 g/mol. The molecule has 0 N–H and O–H groups in total. The summed E-state index contributed by atoms with van der Waals surface area (Å²) in [7, 11) is 0. The Bertz CT molecular complexity index is 127. The van der Waals surface area contributed by atoms with Crippen LogP contribution in [-0.4, -0.2) is 0 Å². The summed E-state index contributed by atoms with van der Waals surface area (Å²) >= 11 is 0. The van der Waals surface area contributed by atoms with E-state index < -0.39 is 0 Å². The highest BCUT2D eigenvalue weighted by Crippen LogP contribution is 2.07. The highest BCUT2D eigenvalue weighted by atomic mass is 13.9. The lowest BCUT2D eigenvalue weighted by molar-refractivity contribution is 1.07. The van der Waals surface area contributed by atoms with Crippen molar-refractivity contribution in [1.29, 1.82) is 0 Å². The molecule has 0 heterocycles. The maximum Gasteiger partial charge on any atom is -0.0346 e. The SMILES string of the molecule is C/C=C\C(C)=C(/C)CC.CC.CC. The van der Waals surface area contributed by atoms with Crippen molar-refractivity contribution in [3.8, 4) is 0 Å². The first-order chi connectivity index (χ1) is 6.22. The lowest BCUT2D eigenvalue weighted by Gasteiger charge is -1.97. The molecule has 0 radical (unpaired) electrons. The molecule has 0 rings (SSSR count). The van der Waals surface area contributed by atoms with Gasteiger partial charge in [0.05, 0.1) is 0 Å². The second-order valence-electron chi connectivity index (χ2n) is 2.32. The molecule has 0 aliphatic rings. The smallest absolute Gasteiger partial charge is 0.0346 e. The Morgan fingerprint density at radius 3 is 1.62 bits per heavy atom. The maximum absolute atomic E-state index is 2.18. The van der Waals surface area contributed by atoms with Gasteiger partial charge in [0.15, 0.2) is 0 Å². The van der Waals surface area contributed by atoms with E-state index in [2.05, 4.69) is 32.9 Å². The van der Waals surface area contributed by atoms with Gasteiger partial charge < -0.3 is 0 Å². The minimum atomic E-state index is 1.16. The third-order valence-corrected chi connectivity index (χ3v) is 1.62. The van der Waals surface area contributed by atoms with Gasteiger partial charge >= 0.3 is 0 Å². The van der Waals surface area contributed by atoms with Gasteiger partial charge in [0.1, 0.15) is 0 Å². The number of allylic oxidation sites excluding steroid dienone is 4. The fourth-order valence-corrected chi connectivity index (χ4v) is 0.671. The molecule has 0 spiro atoms. The lowest BCUT2D eigenvalue weighted by atomic mass is 10.1. The summed E-state index contributed by atoms with van der Waals surface area (Å²) in [5, 5.41) is 0. The highest BCUT2D eigenvalue weighted by Gasteiger charge is 1.86. The Morgan fingerprint density at radius 1 is 1.00 bits per heavy atom. The lowest BCUT2D eigenvalue weighted by Crippen LogP contribution is -1.76. The van der Waals surface area contributed by atoms with Crippen LogP contribution in [0.2, 0.25) is 0 Å². The molecule has 0 saturated carbocycles. The Morgan fingerprint density at radius 2 is 1.38 bits per heavy atom. The van der Waals surface area contributed by atoms with E-state index in [1.54, 1.807) is 0 Å². The van der Waals surface area contributed by atoms with Crippen LogP contribution < -0.4 is 0 Å². The van der Waals surface area contributed by atoms with Crippen molar-refractivity contribution >= 4 is 0 Å². The zero-order valence-corrected chi connectivity index (χ0v) is 10.9. The quantitative estimate of drug-likeness (QED) is 0.507. The third-order valence-electron chi connectivity index (χ3n) is 1.62. The Balaban J connectivity index is -0.000000218. The average molecular weight is 184 g/mol. The van der Waals surface area contributed by atoms with Crippen molar-refractivity contribution in [2.75, 3.05) is 0 Å². The Labute approximate surface area is 85.8 Å². The summed E-state index contributed by atoms with van der Waals surface area (Å²) in [6.45, 7) is 16.6. The number of hydrogen-bond acceptors (Lipinski definition) is 0. The van der Waals surface area contributed by atoms with Crippen molar-refractivity contribution in [1.82, 2.24) is 0 Å². The van der Waals surface area contributed by atoms with Crippen LogP contribution in [0, 0.1) is 0 Å². The standard InChI is InChI=1S/C9H16.2C2H6/c1-5-7-9(4)8(3)6-2;2*1-2/h5,7H,6H2,1-4H3;2*1-2H3/b7-5-,9-8+;;. The summed E-state index contributed by atoms with van der Waals surface area (Å²) in [6.07, 6.45) is 5.39. The minimum Gasteiger partial charge on any atom is -0.0874 e. The van der Waals surface area contributed by atoms with Gasteiger partial charge in [-0.1, -0.05) is 57.9 Å². The fraction of sp³-hybridized carbons (Fsp3) is 0.692. The van der Waals surface area contributed by atoms with E-state index in [4.69, 9.17) is 0 Å². The largest absolute Gasteiger partial charge is 0.0874 e. The molecule has 0 aromatic rings. The Hall–Kier alpha value is -0.520. The third kappa shape index (κ3) is 14.3. The van der Waals surface area contributed by atoms with E-state index in [-0.39, 0.29) is 0 Å². The van der Waals surface area contributed by atoms with Crippen LogP contribution in [-0.2, 0) is 0 Å². The van der Waals surface area contributed by atoms with Gasteiger partial charge in [-0.2, -0.15) is 0 Å². The van der Waals surface area contributed by atoms with Gasteiger partial charge in [0.25, 0.3) is 0 Å². The molecule has 0 unspecified atom stereocenters. The average Bonchev–Trinajstić information content (AvgIpc) is 2.23. The molecule has 0 saturated heterocycles. The summed E-state index contributed by atoms with van der Waals surface area (Å²) in [4.78, 5) is 0. The van der Waals surface area contributed by atoms with Crippen molar-refractivity contribution in [2.24, 2.45) is 0 Å². The number of rotatable bonds is 2. The van der Waals surface area contributed by atoms with E-state index >= 15 is 0 Å². The summed E-state index contributed by atoms with van der Waals surface area (Å²) in [5.74, 6) is 0. The van der Waals surface area contributed by atoms with Gasteiger partial charge in [-0.25, -0.2) is 0 Å². The van der Waals surface area contributed by atoms with Crippen LogP contribution in [0.1, 0.15) is 61.8 Å². The van der Waals surface area contributed by atoms with E-state index in [0.29, 0.717) is 0 Å². The van der Waals surface area contributed by atoms with Crippen molar-refractivity contribution in [3.05, 3.63) is 23.3 Å². The zero-order valence-electron chi connectivity index (χ0n) is 10.9. The first kappa shape index (κ1) is 18.3. The van der Waals surface area contributed by atoms with Crippen LogP contribution in [0.25, 0.3) is 0 Å². The van der Waals surface area contributed by atoms with Crippen LogP contribution in [0.3, 0.4) is 0 Å². The van der Waals surface area contributed by atoms with Gasteiger partial charge in [0, 0.05) is 0 Å². The van der Waals surface area contributed by atoms with E-state index in [1.165, 1.54) is 11.1 Å². The summed E-state index contributed by atoms with van der Waals surface area (Å²) in [5.41, 5.74) is 2.88. The molecule has 13 heavy (non-hydrogen) atoms. The molecular formula is C13H28. The monoisotopic (exact) mass is 184 g/mol. The summed E-state index contributed by atoms with van der Waals surface area (Å²) in [6, 6.07) is 0. The second-order valence-corrected chi connectivity index (χ2v) is 2.32. The van der Waals surface area contributed by atoms with Crippen molar-refractivity contribution in [2.45, 2.75) is 61.8 Å². The maximum atomic E-state index is 2.18. The predicted octanol–water partition coefficient (Wildman–Crippen LogP) is 5.36. The molecule has 0 nitrogen and oxygen atoms in total. The molecule has 0 fully saturated rings. The zero-order chi connectivity index (χ0) is 11.3. The van der Waals surface area contributed by atoms with Gasteiger partial charge in [0.2, 0.25) is 0 Å². The fourth-order valence-electron chi connectivity index (χ4n) is 0.671. The van der Waals surface area contributed by atoms with Crippen LogP contribution >= 0.6 is 0 Å². The Kier molecular flexibility index (Phi) is 24.7. The van der Waals surface area contributed by atoms with Crippen LogP contribution in [0.5, 0.6) is 0 Å². The normalized spacial score (nSPS) is 10.8. The summed E-state index contributed by atoms with van der Waals surface area (Å²) < 4.78 is 0. The van der Waals surface area contributed by atoms with Crippen LogP contribution in [0.15, 0.2) is 23.3 Å². The van der Waals surface area contributed by atoms with Gasteiger partial charge in [-0.05, 0) is 27.2 Å². The first-order valence-electron chi connectivity index (χ1n) is 5.51. The minimum absolute atomic E-state index is 1.16. The molecule has 0 bridgehead atoms. The molecule has 0 amide bonds. The van der Waals surface area contributed by atoms with E-state index in [9.17, 15) is 0 Å². The van der Waals surface area contributed by atoms with Gasteiger partial charge in [-0.3, -0.25) is 0 Å². The first-order valence-corrected chi connectivity index (χ1v) is 5.51. The molecule has 0 aromatic heterocycles. The van der Waals surface area contributed by atoms with Crippen molar-refractivity contribution in [3.63, 3.8) is 0 Å². The molecule has 0 aliphatic carbocycles. The van der Waals surface area contributed by atoms with Crippen molar-refractivity contribution < 1.29 is 0 Å². The molecule has 0 atom stereocenters. The second kappa shape index (κ2) is 17.5. The highest BCUT2D eigenvalue weighted by molar-refractivity contribution is 5.21.